The monoisotopic (exact) mass is 457 g/mol. The van der Waals surface area contributed by atoms with E-state index < -0.39 is 5.54 Å². The summed E-state index contributed by atoms with van der Waals surface area (Å²) in [5, 5.41) is 6.16. The average Bonchev–Trinajstić information content (AvgIpc) is 3.44. The number of thiophene rings is 1. The lowest BCUT2D eigenvalue weighted by molar-refractivity contribution is -0.133. The molecule has 2 aromatic carbocycles. The number of carbonyl (C=O) groups excluding carboxylic acids is 2. The highest BCUT2D eigenvalue weighted by Gasteiger charge is 2.47. The third kappa shape index (κ3) is 3.85. The molecule has 1 aliphatic rings. The van der Waals surface area contributed by atoms with E-state index >= 15 is 0 Å². The highest BCUT2D eigenvalue weighted by Crippen LogP contribution is 2.35. The third-order valence-corrected chi connectivity index (χ3v) is 7.54. The van der Waals surface area contributed by atoms with Crippen LogP contribution >= 0.6 is 11.3 Å². The predicted molar refractivity (Wildman–Crippen MR) is 132 cm³/mol. The van der Waals surface area contributed by atoms with Crippen LogP contribution in [0.25, 0.3) is 10.2 Å². The van der Waals surface area contributed by atoms with Crippen molar-refractivity contribution in [3.05, 3.63) is 94.5 Å². The van der Waals surface area contributed by atoms with E-state index in [0.29, 0.717) is 25.3 Å². The normalized spacial score (nSPS) is 17.9. The maximum atomic E-state index is 13.7. The van der Waals surface area contributed by atoms with Gasteiger partial charge in [-0.1, -0.05) is 61.5 Å². The highest BCUT2D eigenvalue weighted by molar-refractivity contribution is 7.16. The van der Waals surface area contributed by atoms with E-state index in [2.05, 4.69) is 36.5 Å². The van der Waals surface area contributed by atoms with Gasteiger partial charge < -0.3 is 14.8 Å². The number of rotatable bonds is 6. The third-order valence-electron chi connectivity index (χ3n) is 6.59. The van der Waals surface area contributed by atoms with E-state index in [1.54, 1.807) is 16.2 Å². The first kappa shape index (κ1) is 21.5. The van der Waals surface area contributed by atoms with Crippen LogP contribution < -0.4 is 5.32 Å². The van der Waals surface area contributed by atoms with Crippen LogP contribution in [0.3, 0.4) is 0 Å². The molecule has 6 heteroatoms. The molecule has 2 aromatic heterocycles. The fourth-order valence-electron chi connectivity index (χ4n) is 4.54. The molecule has 1 aliphatic heterocycles. The van der Waals surface area contributed by atoms with Gasteiger partial charge >= 0.3 is 0 Å². The van der Waals surface area contributed by atoms with Crippen molar-refractivity contribution in [3.63, 3.8) is 0 Å². The minimum absolute atomic E-state index is 0.110. The Kier molecular flexibility index (Phi) is 5.54. The molecule has 2 amide bonds. The summed E-state index contributed by atoms with van der Waals surface area (Å²) < 4.78 is 2.01. The number of aromatic nitrogens is 1. The Morgan fingerprint density at radius 2 is 1.76 bits per heavy atom. The van der Waals surface area contributed by atoms with Gasteiger partial charge in [-0.3, -0.25) is 9.59 Å². The van der Waals surface area contributed by atoms with Crippen molar-refractivity contribution < 1.29 is 9.59 Å². The molecule has 0 aliphatic carbocycles. The average molecular weight is 458 g/mol. The number of hydrogen-bond acceptors (Lipinski definition) is 3. The maximum Gasteiger partial charge on any atom is 0.271 e. The minimum atomic E-state index is -1.02. The SMILES string of the molecule is CCc1ccc(CN2C(=O)c3cc4ccsc4n3C[C@@]2(C)C(=O)NCc2ccccc2)cc1. The van der Waals surface area contributed by atoms with Crippen molar-refractivity contribution in [3.8, 4) is 0 Å². The smallest absolute Gasteiger partial charge is 0.271 e. The second-order valence-corrected chi connectivity index (χ2v) is 9.69. The van der Waals surface area contributed by atoms with Gasteiger partial charge in [-0.15, -0.1) is 11.3 Å². The lowest BCUT2D eigenvalue weighted by atomic mass is 9.93. The Balaban J connectivity index is 1.50. The van der Waals surface area contributed by atoms with Crippen molar-refractivity contribution >= 4 is 33.4 Å². The number of aryl methyl sites for hydroxylation is 1. The van der Waals surface area contributed by atoms with Gasteiger partial charge in [-0.05, 0) is 47.5 Å². The zero-order chi connectivity index (χ0) is 23.0. The predicted octanol–water partition coefficient (Wildman–Crippen LogP) is 5.00. The van der Waals surface area contributed by atoms with Gasteiger partial charge in [-0.2, -0.15) is 0 Å². The van der Waals surface area contributed by atoms with Crippen molar-refractivity contribution in [1.29, 1.82) is 0 Å². The number of fused-ring (bicyclic) bond motifs is 3. The van der Waals surface area contributed by atoms with Crippen LogP contribution in [0, 0.1) is 0 Å². The summed E-state index contributed by atoms with van der Waals surface area (Å²) in [5.41, 5.74) is 2.93. The topological polar surface area (TPSA) is 54.3 Å². The molecule has 0 saturated carbocycles. The molecule has 4 aromatic rings. The lowest BCUT2D eigenvalue weighted by Gasteiger charge is -2.44. The molecule has 0 fully saturated rings. The Labute approximate surface area is 197 Å². The summed E-state index contributed by atoms with van der Waals surface area (Å²) in [4.78, 5) is 30.1. The summed E-state index contributed by atoms with van der Waals surface area (Å²) in [6.07, 6.45) is 0.965. The molecule has 168 valence electrons. The molecule has 0 radical (unpaired) electrons. The van der Waals surface area contributed by atoms with E-state index in [-0.39, 0.29) is 11.8 Å². The van der Waals surface area contributed by atoms with Crippen LogP contribution in [0.15, 0.2) is 72.1 Å². The number of amides is 2. The van der Waals surface area contributed by atoms with Gasteiger partial charge in [0.2, 0.25) is 5.91 Å². The molecule has 1 N–H and O–H groups in total. The minimum Gasteiger partial charge on any atom is -0.350 e. The largest absolute Gasteiger partial charge is 0.350 e. The summed E-state index contributed by atoms with van der Waals surface area (Å²) in [6.45, 7) is 5.24. The van der Waals surface area contributed by atoms with Crippen LogP contribution in [-0.2, 0) is 30.8 Å². The van der Waals surface area contributed by atoms with Gasteiger partial charge in [0, 0.05) is 18.5 Å². The van der Waals surface area contributed by atoms with Crippen molar-refractivity contribution in [2.45, 2.75) is 45.4 Å². The fraction of sp³-hybridized carbons (Fsp3) is 0.259. The fourth-order valence-corrected chi connectivity index (χ4v) is 5.43. The number of nitrogens with zero attached hydrogens (tertiary/aromatic N) is 2. The van der Waals surface area contributed by atoms with Crippen LogP contribution in [-0.4, -0.2) is 26.8 Å². The van der Waals surface area contributed by atoms with Gasteiger partial charge in [0.1, 0.15) is 16.1 Å². The van der Waals surface area contributed by atoms with Crippen LogP contribution in [0.2, 0.25) is 0 Å². The Morgan fingerprint density at radius 3 is 2.48 bits per heavy atom. The Bertz CT molecular complexity index is 1310. The Morgan fingerprint density at radius 1 is 1.03 bits per heavy atom. The number of hydrogen-bond donors (Lipinski definition) is 1. The first-order chi connectivity index (χ1) is 16.0. The number of benzene rings is 2. The molecular weight excluding hydrogens is 430 g/mol. The highest BCUT2D eigenvalue weighted by atomic mass is 32.1. The van der Waals surface area contributed by atoms with E-state index in [4.69, 9.17) is 0 Å². The summed E-state index contributed by atoms with van der Waals surface area (Å²) in [5.74, 6) is -0.254. The summed E-state index contributed by atoms with van der Waals surface area (Å²) in [6, 6.07) is 22.1. The standard InChI is InChI=1S/C27H27N3O2S/c1-3-19-9-11-21(12-10-19)17-30-24(31)23-15-22-13-14-33-25(22)29(23)18-27(30,2)26(32)28-16-20-7-5-4-6-8-20/h4-15H,3,16-18H2,1-2H3,(H,28,32)/t27-/m0/s1. The van der Waals surface area contributed by atoms with E-state index in [1.165, 1.54) is 5.56 Å². The van der Waals surface area contributed by atoms with Crippen LogP contribution in [0.5, 0.6) is 0 Å². The molecule has 0 bridgehead atoms. The molecule has 1 atom stereocenters. The van der Waals surface area contributed by atoms with Gasteiger partial charge in [0.05, 0.1) is 6.54 Å². The zero-order valence-corrected chi connectivity index (χ0v) is 19.7. The van der Waals surface area contributed by atoms with Crippen molar-refractivity contribution in [1.82, 2.24) is 14.8 Å². The quantitative estimate of drug-likeness (QED) is 0.443. The first-order valence-corrected chi connectivity index (χ1v) is 12.2. The molecule has 0 spiro atoms. The molecule has 3 heterocycles. The van der Waals surface area contributed by atoms with Gasteiger partial charge in [-0.25, -0.2) is 0 Å². The Hall–Kier alpha value is -3.38. The van der Waals surface area contributed by atoms with E-state index in [1.807, 2.05) is 59.3 Å². The first-order valence-electron chi connectivity index (χ1n) is 11.3. The summed E-state index contributed by atoms with van der Waals surface area (Å²) >= 11 is 1.60. The molecule has 33 heavy (non-hydrogen) atoms. The lowest BCUT2D eigenvalue weighted by Crippen LogP contribution is -2.63. The second kappa shape index (κ2) is 8.52. The van der Waals surface area contributed by atoms with Crippen LogP contribution in [0.1, 0.15) is 41.0 Å². The zero-order valence-electron chi connectivity index (χ0n) is 18.9. The summed E-state index contributed by atoms with van der Waals surface area (Å²) in [7, 11) is 0. The molecule has 5 nitrogen and oxygen atoms in total. The molecule has 0 unspecified atom stereocenters. The van der Waals surface area contributed by atoms with Gasteiger partial charge in [0.25, 0.3) is 5.91 Å². The molecular formula is C27H27N3O2S. The molecule has 5 rings (SSSR count). The number of nitrogens with one attached hydrogen (secondary N) is 1. The van der Waals surface area contributed by atoms with Crippen molar-refractivity contribution in [2.75, 3.05) is 0 Å². The van der Waals surface area contributed by atoms with Gasteiger partial charge in [0.15, 0.2) is 0 Å². The number of carbonyl (C=O) groups is 2. The van der Waals surface area contributed by atoms with E-state index in [9.17, 15) is 9.59 Å². The van der Waals surface area contributed by atoms with Crippen molar-refractivity contribution in [2.24, 2.45) is 0 Å². The maximum absolute atomic E-state index is 13.7. The second-order valence-electron chi connectivity index (χ2n) is 8.80. The van der Waals surface area contributed by atoms with E-state index in [0.717, 1.165) is 27.8 Å². The van der Waals surface area contributed by atoms with Crippen LogP contribution in [0.4, 0.5) is 0 Å². The molecule has 0 saturated heterocycles.